The van der Waals surface area contributed by atoms with Crippen LogP contribution in [-0.4, -0.2) is 47.4 Å². The molecule has 0 aromatic carbocycles. The van der Waals surface area contributed by atoms with Crippen LogP contribution in [0.4, 0.5) is 0 Å². The number of hydrogen-bond acceptors (Lipinski definition) is 4. The van der Waals surface area contributed by atoms with Crippen LogP contribution < -0.4 is 5.32 Å². The van der Waals surface area contributed by atoms with E-state index in [0.29, 0.717) is 0 Å². The van der Waals surface area contributed by atoms with E-state index in [1.54, 1.807) is 0 Å². The summed E-state index contributed by atoms with van der Waals surface area (Å²) in [7, 11) is 1.53. The Labute approximate surface area is 116 Å². The highest BCUT2D eigenvalue weighted by atomic mass is 16.3. The molecule has 1 amide bonds. The summed E-state index contributed by atoms with van der Waals surface area (Å²) in [5, 5.41) is 12.3. The molecule has 2 N–H and O–H groups in total. The number of ketones is 1. The Balaban J connectivity index is 0. The molecule has 0 aliphatic heterocycles. The van der Waals surface area contributed by atoms with Gasteiger partial charge in [0.05, 0.1) is 13.1 Å². The van der Waals surface area contributed by atoms with Gasteiger partial charge in [-0.25, -0.2) is 0 Å². The molecule has 0 aromatic heterocycles. The lowest BCUT2D eigenvalue weighted by molar-refractivity contribution is -0.140. The van der Waals surface area contributed by atoms with Gasteiger partial charge in [-0.2, -0.15) is 0 Å². The minimum absolute atomic E-state index is 0.0946. The van der Waals surface area contributed by atoms with Crippen LogP contribution in [0, 0.1) is 0 Å². The molecule has 0 radical (unpaired) electrons. The second kappa shape index (κ2) is 9.55. The first-order chi connectivity index (χ1) is 8.68. The smallest absolute Gasteiger partial charge is 0.242 e. The van der Waals surface area contributed by atoms with Gasteiger partial charge in [-0.15, -0.1) is 0 Å². The number of nitrogens with zero attached hydrogens (tertiary/aromatic N) is 1. The maximum atomic E-state index is 11.6. The second-order valence-electron chi connectivity index (χ2n) is 4.54. The molecular weight excluding hydrogens is 244 g/mol. The van der Waals surface area contributed by atoms with Crippen molar-refractivity contribution in [3.8, 4) is 0 Å². The summed E-state index contributed by atoms with van der Waals surface area (Å²) >= 11 is 0. The van der Waals surface area contributed by atoms with Crippen LogP contribution in [0.2, 0.25) is 0 Å². The SMILES string of the molecule is C=C(CC)NCC(=O)N(C)CC(=O)C(C)(C)O.CC. The number of carbonyl (C=O) groups is 2. The Morgan fingerprint density at radius 3 is 2.16 bits per heavy atom. The zero-order valence-corrected chi connectivity index (χ0v) is 13.0. The molecule has 0 atom stereocenters. The maximum absolute atomic E-state index is 11.6. The lowest BCUT2D eigenvalue weighted by Gasteiger charge is -2.22. The number of amides is 1. The van der Waals surface area contributed by atoms with Crippen LogP contribution in [0.15, 0.2) is 12.3 Å². The summed E-state index contributed by atoms with van der Waals surface area (Å²) < 4.78 is 0. The fourth-order valence-corrected chi connectivity index (χ4v) is 0.958. The van der Waals surface area contributed by atoms with Crippen molar-refractivity contribution < 1.29 is 14.7 Å². The van der Waals surface area contributed by atoms with Gasteiger partial charge >= 0.3 is 0 Å². The number of hydrogen-bond donors (Lipinski definition) is 2. The van der Waals surface area contributed by atoms with Gasteiger partial charge in [0, 0.05) is 12.7 Å². The summed E-state index contributed by atoms with van der Waals surface area (Å²) in [4.78, 5) is 24.4. The van der Waals surface area contributed by atoms with Crippen molar-refractivity contribution in [2.24, 2.45) is 0 Å². The van der Waals surface area contributed by atoms with Crippen LogP contribution in [0.1, 0.15) is 41.0 Å². The average molecular weight is 272 g/mol. The third kappa shape index (κ3) is 9.25. The van der Waals surface area contributed by atoms with E-state index < -0.39 is 5.60 Å². The normalized spacial score (nSPS) is 10.1. The van der Waals surface area contributed by atoms with Gasteiger partial charge in [0.15, 0.2) is 5.78 Å². The highest BCUT2D eigenvalue weighted by Crippen LogP contribution is 2.03. The summed E-state index contributed by atoms with van der Waals surface area (Å²) in [5.41, 5.74) is -0.629. The lowest BCUT2D eigenvalue weighted by atomic mass is 10.0. The second-order valence-corrected chi connectivity index (χ2v) is 4.54. The van der Waals surface area contributed by atoms with E-state index in [1.807, 2.05) is 20.8 Å². The molecule has 5 heteroatoms. The zero-order chi connectivity index (χ0) is 15.6. The Morgan fingerprint density at radius 2 is 1.79 bits per heavy atom. The number of allylic oxidation sites excluding steroid dienone is 1. The molecule has 0 aliphatic carbocycles. The monoisotopic (exact) mass is 272 g/mol. The predicted octanol–water partition coefficient (Wildman–Crippen LogP) is 1.32. The van der Waals surface area contributed by atoms with Crippen LogP contribution in [0.25, 0.3) is 0 Å². The number of Topliss-reactive ketones (excluding diaryl/α,β-unsaturated/α-hetero) is 1. The molecule has 0 rings (SSSR count). The van der Waals surface area contributed by atoms with Crippen molar-refractivity contribution >= 4 is 11.7 Å². The van der Waals surface area contributed by atoms with E-state index in [9.17, 15) is 14.7 Å². The molecule has 112 valence electrons. The average Bonchev–Trinajstić information content (AvgIpc) is 2.36. The van der Waals surface area contributed by atoms with Crippen molar-refractivity contribution in [1.29, 1.82) is 0 Å². The molecule has 0 aliphatic rings. The summed E-state index contributed by atoms with van der Waals surface area (Å²) in [6, 6.07) is 0. The van der Waals surface area contributed by atoms with Crippen LogP contribution >= 0.6 is 0 Å². The summed E-state index contributed by atoms with van der Waals surface area (Å²) in [6.07, 6.45) is 0.750. The van der Waals surface area contributed by atoms with Gasteiger partial charge in [0.1, 0.15) is 5.60 Å². The highest BCUT2D eigenvalue weighted by Gasteiger charge is 2.25. The minimum Gasteiger partial charge on any atom is -0.383 e. The zero-order valence-electron chi connectivity index (χ0n) is 13.0. The molecule has 0 saturated carbocycles. The van der Waals surface area contributed by atoms with Crippen LogP contribution in [0.3, 0.4) is 0 Å². The lowest BCUT2D eigenvalue weighted by Crippen LogP contribution is -2.44. The number of likely N-dealkylation sites (N-methyl/N-ethyl adjacent to an activating group) is 1. The van der Waals surface area contributed by atoms with Gasteiger partial charge in [-0.3, -0.25) is 9.59 Å². The van der Waals surface area contributed by atoms with E-state index in [2.05, 4.69) is 11.9 Å². The summed E-state index contributed by atoms with van der Waals surface area (Å²) in [6.45, 7) is 12.5. The summed E-state index contributed by atoms with van der Waals surface area (Å²) in [5.74, 6) is -0.597. The van der Waals surface area contributed by atoms with Crippen LogP contribution in [0.5, 0.6) is 0 Å². The van der Waals surface area contributed by atoms with Gasteiger partial charge in [-0.1, -0.05) is 27.4 Å². The van der Waals surface area contributed by atoms with E-state index in [0.717, 1.165) is 12.1 Å². The first-order valence-corrected chi connectivity index (χ1v) is 6.59. The van der Waals surface area contributed by atoms with Gasteiger partial charge in [0.2, 0.25) is 5.91 Å². The minimum atomic E-state index is -1.41. The molecule has 0 heterocycles. The van der Waals surface area contributed by atoms with Crippen molar-refractivity contribution in [3.05, 3.63) is 12.3 Å². The molecule has 0 bridgehead atoms. The van der Waals surface area contributed by atoms with Crippen molar-refractivity contribution in [1.82, 2.24) is 10.2 Å². The van der Waals surface area contributed by atoms with Crippen molar-refractivity contribution in [2.45, 2.75) is 46.6 Å². The van der Waals surface area contributed by atoms with E-state index >= 15 is 0 Å². The standard InChI is InChI=1S/C12H22N2O3.C2H6/c1-6-9(2)13-7-11(16)14(5)8-10(15)12(3,4)17;1-2/h13,17H,2,6-8H2,1,3-5H3;1-2H3. The van der Waals surface area contributed by atoms with E-state index in [1.165, 1.54) is 25.8 Å². The predicted molar refractivity (Wildman–Crippen MR) is 77.7 cm³/mol. The Morgan fingerprint density at radius 1 is 1.32 bits per heavy atom. The largest absolute Gasteiger partial charge is 0.383 e. The first-order valence-electron chi connectivity index (χ1n) is 6.59. The highest BCUT2D eigenvalue weighted by molar-refractivity contribution is 5.91. The maximum Gasteiger partial charge on any atom is 0.242 e. The van der Waals surface area contributed by atoms with Gasteiger partial charge < -0.3 is 15.3 Å². The molecular formula is C14H28N2O3. The third-order valence-electron chi connectivity index (χ3n) is 2.41. The van der Waals surface area contributed by atoms with Crippen LogP contribution in [-0.2, 0) is 9.59 Å². The Bertz CT molecular complexity index is 306. The Kier molecular flexibility index (Phi) is 10.0. The van der Waals surface area contributed by atoms with Gasteiger partial charge in [0.25, 0.3) is 0 Å². The molecule has 0 spiro atoms. The van der Waals surface area contributed by atoms with Crippen molar-refractivity contribution in [3.63, 3.8) is 0 Å². The molecule has 19 heavy (non-hydrogen) atoms. The molecule has 0 aromatic rings. The number of rotatable bonds is 7. The van der Waals surface area contributed by atoms with Crippen molar-refractivity contribution in [2.75, 3.05) is 20.1 Å². The quantitative estimate of drug-likeness (QED) is 0.733. The number of carbonyl (C=O) groups excluding carboxylic acids is 2. The molecule has 0 fully saturated rings. The number of nitrogens with one attached hydrogen (secondary N) is 1. The fourth-order valence-electron chi connectivity index (χ4n) is 0.958. The van der Waals surface area contributed by atoms with Gasteiger partial charge in [-0.05, 0) is 20.3 Å². The topological polar surface area (TPSA) is 69.6 Å². The Hall–Kier alpha value is -1.36. The van der Waals surface area contributed by atoms with E-state index in [-0.39, 0.29) is 24.8 Å². The fraction of sp³-hybridized carbons (Fsp3) is 0.714. The molecule has 0 saturated heterocycles. The molecule has 0 unspecified atom stereocenters. The van der Waals surface area contributed by atoms with E-state index in [4.69, 9.17) is 0 Å². The first kappa shape index (κ1) is 20.0. The number of aliphatic hydroxyl groups is 1. The third-order valence-corrected chi connectivity index (χ3v) is 2.41. The molecule has 5 nitrogen and oxygen atoms in total.